The van der Waals surface area contributed by atoms with Crippen molar-refractivity contribution < 1.29 is 17.9 Å². The van der Waals surface area contributed by atoms with E-state index < -0.39 is 11.6 Å². The summed E-state index contributed by atoms with van der Waals surface area (Å²) in [6.07, 6.45) is -1.21. The SMILES string of the molecule is CC1(C(F)(F)F)C2CB2C2C3OC3CCC21. The molecule has 3 aliphatic heterocycles. The molecule has 0 bridgehead atoms. The van der Waals surface area contributed by atoms with Crippen LogP contribution in [0.5, 0.6) is 0 Å². The average Bonchev–Trinajstić information content (AvgIpc) is 3.08. The van der Waals surface area contributed by atoms with Crippen LogP contribution in [0, 0.1) is 11.3 Å². The minimum absolute atomic E-state index is 0.106. The molecule has 3 heterocycles. The lowest BCUT2D eigenvalue weighted by atomic mass is 9.52. The molecule has 1 nitrogen and oxygen atoms in total. The molecule has 1 saturated carbocycles. The Balaban J connectivity index is 1.74. The molecule has 0 aromatic carbocycles. The summed E-state index contributed by atoms with van der Waals surface area (Å²) >= 11 is 0. The number of rotatable bonds is 0. The van der Waals surface area contributed by atoms with Crippen LogP contribution < -0.4 is 0 Å². The lowest BCUT2D eigenvalue weighted by Gasteiger charge is -2.40. The van der Waals surface area contributed by atoms with Crippen molar-refractivity contribution in [3.8, 4) is 0 Å². The van der Waals surface area contributed by atoms with Gasteiger partial charge in [0.25, 0.3) is 0 Å². The van der Waals surface area contributed by atoms with Crippen molar-refractivity contribution in [2.45, 2.75) is 56.1 Å². The highest BCUT2D eigenvalue weighted by Crippen LogP contribution is 2.78. The third kappa shape index (κ3) is 0.914. The van der Waals surface area contributed by atoms with E-state index in [1.54, 1.807) is 0 Å². The minimum Gasteiger partial charge on any atom is -0.370 e. The molecule has 1 aliphatic carbocycles. The molecule has 0 spiro atoms. The summed E-state index contributed by atoms with van der Waals surface area (Å²) < 4.78 is 45.4. The number of alkyl halides is 3. The fourth-order valence-electron chi connectivity index (χ4n) is 4.76. The molecule has 0 aromatic rings. The van der Waals surface area contributed by atoms with Gasteiger partial charge in [-0.25, -0.2) is 0 Å². The lowest BCUT2D eigenvalue weighted by Crippen LogP contribution is -2.42. The van der Waals surface area contributed by atoms with Crippen LogP contribution in [0.15, 0.2) is 0 Å². The molecule has 88 valence electrons. The molecule has 0 aromatic heterocycles. The van der Waals surface area contributed by atoms with Crippen LogP contribution in [0.2, 0.25) is 18.0 Å². The average molecular weight is 230 g/mol. The third-order valence-corrected chi connectivity index (χ3v) is 5.71. The second kappa shape index (κ2) is 2.47. The van der Waals surface area contributed by atoms with Gasteiger partial charge in [-0.3, -0.25) is 0 Å². The van der Waals surface area contributed by atoms with E-state index in [4.69, 9.17) is 4.74 Å². The van der Waals surface area contributed by atoms with Crippen LogP contribution in [0.1, 0.15) is 19.8 Å². The first-order valence-corrected chi connectivity index (χ1v) is 6.17. The van der Waals surface area contributed by atoms with Gasteiger partial charge in [0, 0.05) is 0 Å². The van der Waals surface area contributed by atoms with Gasteiger partial charge < -0.3 is 4.74 Å². The van der Waals surface area contributed by atoms with Gasteiger partial charge in [-0.1, -0.05) is 19.1 Å². The van der Waals surface area contributed by atoms with Crippen LogP contribution >= 0.6 is 0 Å². The topological polar surface area (TPSA) is 12.5 Å². The Hall–Kier alpha value is -0.185. The highest BCUT2D eigenvalue weighted by Gasteiger charge is 2.79. The zero-order valence-electron chi connectivity index (χ0n) is 9.13. The van der Waals surface area contributed by atoms with Crippen molar-refractivity contribution in [3.63, 3.8) is 0 Å². The van der Waals surface area contributed by atoms with Gasteiger partial charge in [-0.2, -0.15) is 13.2 Å². The first-order chi connectivity index (χ1) is 7.44. The molecule has 6 atom stereocenters. The van der Waals surface area contributed by atoms with Gasteiger partial charge in [0.2, 0.25) is 0 Å². The van der Waals surface area contributed by atoms with Crippen molar-refractivity contribution in [2.24, 2.45) is 11.3 Å². The summed E-state index contributed by atoms with van der Waals surface area (Å²) in [4.78, 5) is 0. The number of hydrogen-bond donors (Lipinski definition) is 0. The van der Waals surface area contributed by atoms with E-state index in [2.05, 4.69) is 0 Å². The van der Waals surface area contributed by atoms with Gasteiger partial charge in [0.1, 0.15) is 6.71 Å². The summed E-state index contributed by atoms with van der Waals surface area (Å²) in [5.41, 5.74) is -1.42. The summed E-state index contributed by atoms with van der Waals surface area (Å²) in [7, 11) is 0. The zero-order valence-corrected chi connectivity index (χ0v) is 9.13. The third-order valence-electron chi connectivity index (χ3n) is 5.71. The van der Waals surface area contributed by atoms with Crippen molar-refractivity contribution in [1.82, 2.24) is 0 Å². The molecule has 4 fully saturated rings. The maximum Gasteiger partial charge on any atom is 0.394 e. The largest absolute Gasteiger partial charge is 0.394 e. The van der Waals surface area contributed by atoms with Gasteiger partial charge in [-0.15, -0.1) is 0 Å². The Morgan fingerprint density at radius 3 is 2.75 bits per heavy atom. The van der Waals surface area contributed by atoms with Gasteiger partial charge in [0.05, 0.1) is 17.6 Å². The van der Waals surface area contributed by atoms with E-state index in [0.717, 1.165) is 19.2 Å². The summed E-state index contributed by atoms with van der Waals surface area (Å²) in [6, 6.07) is 0. The summed E-state index contributed by atoms with van der Waals surface area (Å²) in [6.45, 7) is 1.78. The predicted octanol–water partition coefficient (Wildman–Crippen LogP) is 2.99. The molecule has 0 N–H and O–H groups in total. The fraction of sp³-hybridized carbons (Fsp3) is 1.00. The Morgan fingerprint density at radius 2 is 2.06 bits per heavy atom. The molecular weight excluding hydrogens is 216 g/mol. The molecule has 0 amide bonds. The Bertz CT molecular complexity index is 358. The van der Waals surface area contributed by atoms with E-state index in [1.165, 1.54) is 6.92 Å². The van der Waals surface area contributed by atoms with E-state index in [1.807, 2.05) is 0 Å². The quantitative estimate of drug-likeness (QED) is 0.460. The predicted molar refractivity (Wildman–Crippen MR) is 53.6 cm³/mol. The monoisotopic (exact) mass is 230 g/mol. The fourth-order valence-corrected chi connectivity index (χ4v) is 4.76. The van der Waals surface area contributed by atoms with Crippen molar-refractivity contribution in [2.75, 3.05) is 0 Å². The second-order valence-corrected chi connectivity index (χ2v) is 6.19. The van der Waals surface area contributed by atoms with Gasteiger partial charge in [0.15, 0.2) is 0 Å². The summed E-state index contributed by atoms with van der Waals surface area (Å²) in [5.74, 6) is -0.0548. The van der Waals surface area contributed by atoms with Crippen molar-refractivity contribution in [3.05, 3.63) is 0 Å². The van der Waals surface area contributed by atoms with Crippen LogP contribution in [-0.4, -0.2) is 25.1 Å². The van der Waals surface area contributed by atoms with E-state index >= 15 is 0 Å². The first kappa shape index (κ1) is 9.81. The zero-order chi connectivity index (χ0) is 11.3. The highest BCUT2D eigenvalue weighted by molar-refractivity contribution is 6.74. The second-order valence-electron chi connectivity index (χ2n) is 6.19. The number of epoxide rings is 1. The normalized spacial score (nSPS) is 57.8. The molecule has 3 saturated heterocycles. The van der Waals surface area contributed by atoms with Crippen molar-refractivity contribution in [1.29, 1.82) is 0 Å². The van der Waals surface area contributed by atoms with Crippen LogP contribution in [0.4, 0.5) is 13.2 Å². The summed E-state index contributed by atoms with van der Waals surface area (Å²) in [5, 5.41) is 0. The molecule has 4 aliphatic rings. The van der Waals surface area contributed by atoms with Crippen LogP contribution in [0.3, 0.4) is 0 Å². The van der Waals surface area contributed by atoms with E-state index in [0.29, 0.717) is 12.8 Å². The molecule has 4 rings (SSSR count). The maximum absolute atomic E-state index is 13.3. The molecule has 6 unspecified atom stereocenters. The van der Waals surface area contributed by atoms with E-state index in [-0.39, 0.29) is 23.7 Å². The lowest BCUT2D eigenvalue weighted by molar-refractivity contribution is -0.233. The van der Waals surface area contributed by atoms with Crippen LogP contribution in [0.25, 0.3) is 0 Å². The van der Waals surface area contributed by atoms with Crippen LogP contribution in [-0.2, 0) is 4.74 Å². The number of ether oxygens (including phenoxy) is 1. The Morgan fingerprint density at radius 1 is 1.31 bits per heavy atom. The number of halogens is 3. The smallest absolute Gasteiger partial charge is 0.370 e. The first-order valence-electron chi connectivity index (χ1n) is 6.17. The van der Waals surface area contributed by atoms with Gasteiger partial charge >= 0.3 is 6.18 Å². The Labute approximate surface area is 92.8 Å². The molecular formula is C11H14BF3O. The highest BCUT2D eigenvalue weighted by atomic mass is 19.4. The number of fused-ring (bicyclic) bond motifs is 5. The van der Waals surface area contributed by atoms with Crippen molar-refractivity contribution >= 4 is 6.71 Å². The Kier molecular flexibility index (Phi) is 1.52. The molecule has 0 radical (unpaired) electrons. The maximum atomic E-state index is 13.3. The number of hydrogen-bond acceptors (Lipinski definition) is 1. The molecule has 16 heavy (non-hydrogen) atoms. The minimum atomic E-state index is -4.03. The van der Waals surface area contributed by atoms with Gasteiger partial charge in [-0.05, 0) is 24.6 Å². The van der Waals surface area contributed by atoms with E-state index in [9.17, 15) is 13.2 Å². The molecule has 5 heteroatoms. The standard InChI is InChI=1S/C11H14BF3O/c1-10(11(13,14)15)5-2-3-6-9(16-6)8(5)12-4-7(10)12/h5-9H,2-4H2,1H3.